The van der Waals surface area contributed by atoms with E-state index in [1.54, 1.807) is 0 Å². The number of para-hydroxylation sites is 1. The van der Waals surface area contributed by atoms with Gasteiger partial charge in [-0.15, -0.1) is 0 Å². The Morgan fingerprint density at radius 3 is 2.33 bits per heavy atom. The normalized spacial score (nSPS) is 16.1. The smallest absolute Gasteiger partial charge is 0.158 e. The number of rotatable bonds is 4. The van der Waals surface area contributed by atoms with Crippen molar-refractivity contribution in [3.05, 3.63) is 138 Å². The predicted octanol–water partition coefficient (Wildman–Crippen LogP) is 11.1. The van der Waals surface area contributed by atoms with Crippen LogP contribution in [0.4, 0.5) is 17.1 Å². The first kappa shape index (κ1) is 25.7. The number of hydrogen-bond acceptors (Lipinski definition) is 3. The van der Waals surface area contributed by atoms with E-state index in [9.17, 15) is 5.11 Å². The molecule has 0 aliphatic heterocycles. The van der Waals surface area contributed by atoms with E-state index in [1.165, 1.54) is 22.3 Å². The first-order valence-corrected chi connectivity index (χ1v) is 15.1. The Labute approximate surface area is 252 Å². The number of benzene rings is 5. The Bertz CT molecular complexity index is 2050. The van der Waals surface area contributed by atoms with Crippen LogP contribution < -0.4 is 4.90 Å². The van der Waals surface area contributed by atoms with Gasteiger partial charge in [0.25, 0.3) is 0 Å². The third kappa shape index (κ3) is 3.81. The van der Waals surface area contributed by atoms with Crippen molar-refractivity contribution in [2.75, 3.05) is 4.90 Å². The molecule has 0 spiro atoms. The molecule has 0 fully saturated rings. The maximum Gasteiger partial charge on any atom is 0.158 e. The minimum Gasteiger partial charge on any atom is -0.507 e. The third-order valence-electron chi connectivity index (χ3n) is 9.35. The molecule has 0 saturated heterocycles. The lowest BCUT2D eigenvalue weighted by molar-refractivity contribution is 0.476. The van der Waals surface area contributed by atoms with Crippen LogP contribution in [0.5, 0.6) is 5.75 Å². The molecule has 6 aromatic rings. The van der Waals surface area contributed by atoms with Crippen LogP contribution in [0.25, 0.3) is 39.3 Å². The highest BCUT2D eigenvalue weighted by atomic mass is 16.3. The standard InChI is InChI=1S/C40H33NO2/c1-25-11-9-15-29-30-16-10-18-34(39(30)43-38(25)29)41(28-21-19-27(20-22-28)26-12-5-4-6-13-26)33-23-24-35(42)36-31-14-7-8-17-32(31)40(2,3)37(33)36/h4-10,12-25,42H,11H2,1-3H3. The molecule has 2 aliphatic carbocycles. The molecule has 210 valence electrons. The van der Waals surface area contributed by atoms with E-state index in [0.29, 0.717) is 11.7 Å². The molecular weight excluding hydrogens is 526 g/mol. The third-order valence-corrected chi connectivity index (χ3v) is 9.35. The van der Waals surface area contributed by atoms with Gasteiger partial charge in [-0.2, -0.15) is 0 Å². The zero-order chi connectivity index (χ0) is 29.3. The average molecular weight is 560 g/mol. The molecule has 43 heavy (non-hydrogen) atoms. The number of nitrogens with zero attached hydrogens (tertiary/aromatic N) is 1. The van der Waals surface area contributed by atoms with Crippen LogP contribution in [-0.2, 0) is 5.41 Å². The fourth-order valence-corrected chi connectivity index (χ4v) is 7.25. The maximum absolute atomic E-state index is 11.3. The second-order valence-corrected chi connectivity index (χ2v) is 12.3. The van der Waals surface area contributed by atoms with Gasteiger partial charge in [0.15, 0.2) is 5.58 Å². The predicted molar refractivity (Wildman–Crippen MR) is 178 cm³/mol. The summed E-state index contributed by atoms with van der Waals surface area (Å²) in [5.41, 5.74) is 11.5. The lowest BCUT2D eigenvalue weighted by Crippen LogP contribution is -2.20. The maximum atomic E-state index is 11.3. The quantitative estimate of drug-likeness (QED) is 0.233. The highest BCUT2D eigenvalue weighted by Gasteiger charge is 2.41. The van der Waals surface area contributed by atoms with Crippen molar-refractivity contribution in [3.63, 3.8) is 0 Å². The second kappa shape index (κ2) is 9.50. The Morgan fingerprint density at radius 2 is 1.51 bits per heavy atom. The molecule has 1 atom stereocenters. The van der Waals surface area contributed by atoms with E-state index in [2.05, 4.69) is 135 Å². The molecule has 3 nitrogen and oxygen atoms in total. The van der Waals surface area contributed by atoms with E-state index in [0.717, 1.165) is 56.9 Å². The van der Waals surface area contributed by atoms with Gasteiger partial charge in [0.1, 0.15) is 11.5 Å². The van der Waals surface area contributed by atoms with Crippen LogP contribution in [0.1, 0.15) is 55.6 Å². The van der Waals surface area contributed by atoms with E-state index in [1.807, 2.05) is 12.1 Å². The van der Waals surface area contributed by atoms with E-state index in [4.69, 9.17) is 4.42 Å². The summed E-state index contributed by atoms with van der Waals surface area (Å²) in [4.78, 5) is 2.33. The summed E-state index contributed by atoms with van der Waals surface area (Å²) in [6.45, 7) is 6.75. The summed E-state index contributed by atoms with van der Waals surface area (Å²) < 4.78 is 6.77. The number of allylic oxidation sites excluding steroid dienone is 1. The van der Waals surface area contributed by atoms with E-state index in [-0.39, 0.29) is 5.41 Å². The van der Waals surface area contributed by atoms with Crippen LogP contribution in [0, 0.1) is 0 Å². The summed E-state index contributed by atoms with van der Waals surface area (Å²) in [7, 11) is 0. The number of phenols is 1. The van der Waals surface area contributed by atoms with Crippen LogP contribution in [0.3, 0.4) is 0 Å². The lowest BCUT2D eigenvalue weighted by atomic mass is 9.81. The molecule has 0 amide bonds. The van der Waals surface area contributed by atoms with E-state index >= 15 is 0 Å². The Kier molecular flexibility index (Phi) is 5.67. The fraction of sp³-hybridized carbons (Fsp3) is 0.150. The summed E-state index contributed by atoms with van der Waals surface area (Å²) in [6, 6.07) is 38.1. The zero-order valence-corrected chi connectivity index (χ0v) is 24.6. The first-order chi connectivity index (χ1) is 20.9. The van der Waals surface area contributed by atoms with Gasteiger partial charge in [-0.25, -0.2) is 0 Å². The van der Waals surface area contributed by atoms with Crippen molar-refractivity contribution in [1.82, 2.24) is 0 Å². The molecule has 3 heteroatoms. The molecule has 1 aromatic heterocycles. The van der Waals surface area contributed by atoms with Crippen LogP contribution in [0.2, 0.25) is 0 Å². The van der Waals surface area contributed by atoms with Crippen molar-refractivity contribution >= 4 is 34.1 Å². The van der Waals surface area contributed by atoms with Crippen molar-refractivity contribution in [3.8, 4) is 28.0 Å². The molecule has 8 rings (SSSR count). The van der Waals surface area contributed by atoms with Gasteiger partial charge in [0.05, 0.1) is 11.4 Å². The van der Waals surface area contributed by atoms with E-state index < -0.39 is 0 Å². The van der Waals surface area contributed by atoms with Gasteiger partial charge in [-0.1, -0.05) is 112 Å². The Hall–Kier alpha value is -5.02. The largest absolute Gasteiger partial charge is 0.507 e. The van der Waals surface area contributed by atoms with Gasteiger partial charge >= 0.3 is 0 Å². The monoisotopic (exact) mass is 559 g/mol. The van der Waals surface area contributed by atoms with Crippen molar-refractivity contribution in [2.45, 2.75) is 38.5 Å². The fourth-order valence-electron chi connectivity index (χ4n) is 7.25. The highest BCUT2D eigenvalue weighted by Crippen LogP contribution is 2.57. The number of phenolic OH excluding ortho intramolecular Hbond substituents is 1. The summed E-state index contributed by atoms with van der Waals surface area (Å²) in [5.74, 6) is 1.68. The Balaban J connectivity index is 1.40. The van der Waals surface area contributed by atoms with Crippen molar-refractivity contribution < 1.29 is 9.52 Å². The van der Waals surface area contributed by atoms with Crippen LogP contribution in [-0.4, -0.2) is 5.11 Å². The van der Waals surface area contributed by atoms with Crippen molar-refractivity contribution in [2.24, 2.45) is 0 Å². The SMILES string of the molecule is CC1CC=Cc2c1oc1c(N(c3ccc(-c4ccccc4)cc3)c3ccc(O)c4c3C(C)(C)c3ccccc3-4)cccc21. The molecule has 1 N–H and O–H groups in total. The van der Waals surface area contributed by atoms with Gasteiger partial charge < -0.3 is 14.4 Å². The zero-order valence-electron chi connectivity index (χ0n) is 24.6. The molecule has 0 bridgehead atoms. The number of anilines is 3. The minimum absolute atomic E-state index is 0.307. The van der Waals surface area contributed by atoms with Gasteiger partial charge in [-0.3, -0.25) is 0 Å². The summed E-state index contributed by atoms with van der Waals surface area (Å²) in [6.07, 6.45) is 5.44. The molecule has 2 aliphatic rings. The molecular formula is C40H33NO2. The number of furan rings is 1. The van der Waals surface area contributed by atoms with Gasteiger partial charge in [0, 0.05) is 33.5 Å². The molecule has 5 aromatic carbocycles. The number of fused-ring (bicyclic) bond motifs is 6. The molecule has 0 radical (unpaired) electrons. The van der Waals surface area contributed by atoms with Crippen LogP contribution >= 0.6 is 0 Å². The second-order valence-electron chi connectivity index (χ2n) is 12.3. The number of aromatic hydroxyl groups is 1. The van der Waals surface area contributed by atoms with Gasteiger partial charge in [0.2, 0.25) is 0 Å². The first-order valence-electron chi connectivity index (χ1n) is 15.1. The minimum atomic E-state index is -0.324. The molecule has 0 saturated carbocycles. The van der Waals surface area contributed by atoms with Crippen LogP contribution in [0.15, 0.2) is 120 Å². The lowest BCUT2D eigenvalue weighted by Gasteiger charge is -2.32. The number of hydrogen-bond donors (Lipinski definition) is 1. The Morgan fingerprint density at radius 1 is 0.767 bits per heavy atom. The average Bonchev–Trinajstić information content (AvgIpc) is 3.54. The van der Waals surface area contributed by atoms with Gasteiger partial charge in [-0.05, 0) is 64.6 Å². The highest BCUT2D eigenvalue weighted by molar-refractivity contribution is 6.02. The summed E-state index contributed by atoms with van der Waals surface area (Å²) >= 11 is 0. The molecule has 1 unspecified atom stereocenters. The molecule has 1 heterocycles. The topological polar surface area (TPSA) is 36.6 Å². The van der Waals surface area contributed by atoms with Crippen molar-refractivity contribution in [1.29, 1.82) is 0 Å². The summed E-state index contributed by atoms with van der Waals surface area (Å²) in [5, 5.41) is 12.4.